The van der Waals surface area contributed by atoms with Crippen LogP contribution in [0.3, 0.4) is 0 Å². The van der Waals surface area contributed by atoms with Gasteiger partial charge in [-0.05, 0) is 36.8 Å². The van der Waals surface area contributed by atoms with Crippen LogP contribution in [0, 0.1) is 0 Å². The molecule has 5 heteroatoms. The lowest BCUT2D eigenvalue weighted by atomic mass is 9.97. The summed E-state index contributed by atoms with van der Waals surface area (Å²) in [4.78, 5) is 0.165. The molecule has 2 atom stereocenters. The quantitative estimate of drug-likeness (QED) is 0.736. The SMILES string of the molecule is C[C@@H](OS(=O)(=O)c1ccc(Br)cc1)[C@@H](C)c1ccccc1. The molecule has 2 aromatic rings. The highest BCUT2D eigenvalue weighted by Gasteiger charge is 2.23. The molecular weight excluding hydrogens is 352 g/mol. The van der Waals surface area contributed by atoms with Crippen LogP contribution in [0.5, 0.6) is 0 Å². The van der Waals surface area contributed by atoms with Crippen LogP contribution in [-0.2, 0) is 14.3 Å². The van der Waals surface area contributed by atoms with Crippen LogP contribution in [0.2, 0.25) is 0 Å². The first-order valence-corrected chi connectivity index (χ1v) is 8.84. The highest BCUT2D eigenvalue weighted by molar-refractivity contribution is 9.10. The third-order valence-electron chi connectivity index (χ3n) is 3.41. The lowest BCUT2D eigenvalue weighted by Gasteiger charge is -2.20. The fourth-order valence-corrected chi connectivity index (χ4v) is 3.38. The minimum Gasteiger partial charge on any atom is -0.263 e. The van der Waals surface area contributed by atoms with E-state index >= 15 is 0 Å². The zero-order chi connectivity index (χ0) is 15.5. The van der Waals surface area contributed by atoms with Gasteiger partial charge in [0.2, 0.25) is 0 Å². The van der Waals surface area contributed by atoms with Crippen molar-refractivity contribution in [3.63, 3.8) is 0 Å². The number of hydrogen-bond donors (Lipinski definition) is 0. The average Bonchev–Trinajstić information content (AvgIpc) is 2.47. The summed E-state index contributed by atoms with van der Waals surface area (Å²) < 4.78 is 30.7. The summed E-state index contributed by atoms with van der Waals surface area (Å²) in [6, 6.07) is 16.2. The van der Waals surface area contributed by atoms with Crippen LogP contribution < -0.4 is 0 Å². The first-order chi connectivity index (χ1) is 9.90. The highest BCUT2D eigenvalue weighted by Crippen LogP contribution is 2.25. The predicted octanol–water partition coefficient (Wildman–Crippen LogP) is 4.35. The molecule has 0 aromatic heterocycles. The smallest absolute Gasteiger partial charge is 0.263 e. The highest BCUT2D eigenvalue weighted by atomic mass is 79.9. The van der Waals surface area contributed by atoms with Gasteiger partial charge < -0.3 is 0 Å². The number of rotatable bonds is 5. The van der Waals surface area contributed by atoms with Gasteiger partial charge in [0.15, 0.2) is 0 Å². The Bertz CT molecular complexity index is 681. The zero-order valence-corrected chi connectivity index (χ0v) is 14.3. The van der Waals surface area contributed by atoms with Crippen molar-refractivity contribution in [3.05, 3.63) is 64.6 Å². The normalized spacial score (nSPS) is 14.6. The summed E-state index contributed by atoms with van der Waals surface area (Å²) >= 11 is 3.28. The molecule has 0 fully saturated rings. The van der Waals surface area contributed by atoms with Gasteiger partial charge in [-0.15, -0.1) is 0 Å². The molecule has 0 heterocycles. The molecule has 0 aliphatic carbocycles. The molecule has 0 saturated heterocycles. The average molecular weight is 369 g/mol. The summed E-state index contributed by atoms with van der Waals surface area (Å²) in [6.45, 7) is 3.73. The van der Waals surface area contributed by atoms with Gasteiger partial charge in [-0.3, -0.25) is 4.18 Å². The van der Waals surface area contributed by atoms with Crippen LogP contribution in [0.4, 0.5) is 0 Å². The van der Waals surface area contributed by atoms with E-state index in [9.17, 15) is 8.42 Å². The molecule has 0 aliphatic heterocycles. The number of benzene rings is 2. The van der Waals surface area contributed by atoms with Crippen molar-refractivity contribution in [1.29, 1.82) is 0 Å². The molecule has 0 saturated carbocycles. The Morgan fingerprint density at radius 2 is 1.52 bits per heavy atom. The monoisotopic (exact) mass is 368 g/mol. The summed E-state index contributed by atoms with van der Waals surface area (Å²) in [5.74, 6) is -0.0172. The predicted molar refractivity (Wildman–Crippen MR) is 86.7 cm³/mol. The van der Waals surface area contributed by atoms with Gasteiger partial charge in [0, 0.05) is 10.4 Å². The Balaban J connectivity index is 2.14. The molecule has 0 unspecified atom stereocenters. The Morgan fingerprint density at radius 3 is 2.10 bits per heavy atom. The van der Waals surface area contributed by atoms with Gasteiger partial charge in [-0.2, -0.15) is 8.42 Å². The van der Waals surface area contributed by atoms with Gasteiger partial charge in [-0.25, -0.2) is 0 Å². The van der Waals surface area contributed by atoms with Crippen molar-refractivity contribution in [2.24, 2.45) is 0 Å². The van der Waals surface area contributed by atoms with Crippen molar-refractivity contribution in [2.45, 2.75) is 30.8 Å². The van der Waals surface area contributed by atoms with Gasteiger partial charge in [-0.1, -0.05) is 53.2 Å². The summed E-state index contributed by atoms with van der Waals surface area (Å²) in [7, 11) is -3.75. The van der Waals surface area contributed by atoms with E-state index in [1.165, 1.54) is 12.1 Å². The zero-order valence-electron chi connectivity index (χ0n) is 11.9. The van der Waals surface area contributed by atoms with E-state index < -0.39 is 16.2 Å². The molecule has 2 rings (SSSR count). The third-order valence-corrected chi connectivity index (χ3v) is 5.35. The standard InChI is InChI=1S/C16H17BrO3S/c1-12(14-6-4-3-5-7-14)13(2)20-21(18,19)16-10-8-15(17)9-11-16/h3-13H,1-2H3/t12-,13-/m1/s1. The van der Waals surface area contributed by atoms with Gasteiger partial charge in [0.05, 0.1) is 11.0 Å². The van der Waals surface area contributed by atoms with Crippen molar-refractivity contribution >= 4 is 26.0 Å². The molecule has 0 radical (unpaired) electrons. The van der Waals surface area contributed by atoms with Crippen molar-refractivity contribution in [2.75, 3.05) is 0 Å². The first-order valence-electron chi connectivity index (χ1n) is 6.64. The van der Waals surface area contributed by atoms with Crippen LogP contribution in [0.25, 0.3) is 0 Å². The van der Waals surface area contributed by atoms with Gasteiger partial charge in [0.1, 0.15) is 0 Å². The molecular formula is C16H17BrO3S. The molecule has 0 N–H and O–H groups in total. The molecule has 2 aromatic carbocycles. The molecule has 0 bridgehead atoms. The van der Waals surface area contributed by atoms with Gasteiger partial charge >= 0.3 is 0 Å². The fourth-order valence-electron chi connectivity index (χ4n) is 1.97. The molecule has 0 amide bonds. The Hall–Kier alpha value is -1.17. The van der Waals surface area contributed by atoms with Crippen LogP contribution in [0.1, 0.15) is 25.3 Å². The fraction of sp³-hybridized carbons (Fsp3) is 0.250. The second-order valence-corrected chi connectivity index (χ2v) is 7.40. The van der Waals surface area contributed by atoms with E-state index in [2.05, 4.69) is 15.9 Å². The minimum atomic E-state index is -3.75. The molecule has 112 valence electrons. The van der Waals surface area contributed by atoms with Crippen molar-refractivity contribution in [3.8, 4) is 0 Å². The maximum absolute atomic E-state index is 12.3. The van der Waals surface area contributed by atoms with Crippen molar-refractivity contribution < 1.29 is 12.6 Å². The van der Waals surface area contributed by atoms with Crippen LogP contribution in [0.15, 0.2) is 64.0 Å². The maximum Gasteiger partial charge on any atom is 0.297 e. The molecule has 21 heavy (non-hydrogen) atoms. The van der Waals surface area contributed by atoms with Crippen LogP contribution in [-0.4, -0.2) is 14.5 Å². The summed E-state index contributed by atoms with van der Waals surface area (Å²) in [5.41, 5.74) is 1.05. The van der Waals surface area contributed by atoms with E-state index in [0.29, 0.717) is 0 Å². The summed E-state index contributed by atoms with van der Waals surface area (Å²) in [5, 5.41) is 0. The van der Waals surface area contributed by atoms with E-state index in [-0.39, 0.29) is 10.8 Å². The van der Waals surface area contributed by atoms with Crippen molar-refractivity contribution in [1.82, 2.24) is 0 Å². The van der Waals surface area contributed by atoms with E-state index in [1.54, 1.807) is 19.1 Å². The second-order valence-electron chi connectivity index (χ2n) is 4.91. The summed E-state index contributed by atoms with van der Waals surface area (Å²) in [6.07, 6.45) is -0.443. The first kappa shape index (κ1) is 16.2. The lowest BCUT2D eigenvalue weighted by Crippen LogP contribution is -2.21. The van der Waals surface area contributed by atoms with Gasteiger partial charge in [0.25, 0.3) is 10.1 Å². The molecule has 0 spiro atoms. The van der Waals surface area contributed by atoms with Crippen LogP contribution >= 0.6 is 15.9 Å². The Morgan fingerprint density at radius 1 is 0.952 bits per heavy atom. The number of hydrogen-bond acceptors (Lipinski definition) is 3. The number of halogens is 1. The Kier molecular flexibility index (Phi) is 5.19. The molecule has 0 aliphatic rings. The van der Waals surface area contributed by atoms with E-state index in [0.717, 1.165) is 10.0 Å². The minimum absolute atomic E-state index is 0.0172. The third kappa shape index (κ3) is 4.15. The van der Waals surface area contributed by atoms with E-state index in [4.69, 9.17) is 4.18 Å². The maximum atomic E-state index is 12.3. The van der Waals surface area contributed by atoms with E-state index in [1.807, 2.05) is 37.3 Å². The lowest BCUT2D eigenvalue weighted by molar-refractivity contribution is 0.203. The second kappa shape index (κ2) is 6.73. The molecule has 3 nitrogen and oxygen atoms in total. The largest absolute Gasteiger partial charge is 0.297 e. The topological polar surface area (TPSA) is 43.4 Å². The Labute approximate surface area is 134 Å².